The molecule has 0 atom stereocenters. The fourth-order valence-corrected chi connectivity index (χ4v) is 3.15. The molecule has 30 heavy (non-hydrogen) atoms. The molecule has 0 amide bonds. The van der Waals surface area contributed by atoms with Crippen molar-refractivity contribution in [1.29, 1.82) is 5.41 Å². The molecule has 0 bridgehead atoms. The van der Waals surface area contributed by atoms with Crippen LogP contribution in [0.15, 0.2) is 53.1 Å². The number of ether oxygens (including phenoxy) is 1. The standard InChI is InChI=1S/C16H24O2.C10H14ClN/c1-6-8-13-9-10-14(11-12(13)7-2)15(17)18-16(3,4)5;1-5-10(9(4)12)7(2)6-8(3)11/h9-11H,6-8H2,1-5H3;5-6,12H,3H2,1-2,4H3/b;7-6-,10-5+,12-9?. The van der Waals surface area contributed by atoms with Crippen molar-refractivity contribution in [2.24, 2.45) is 0 Å². The van der Waals surface area contributed by atoms with Gasteiger partial charge < -0.3 is 10.1 Å². The van der Waals surface area contributed by atoms with E-state index < -0.39 is 5.60 Å². The summed E-state index contributed by atoms with van der Waals surface area (Å²) < 4.78 is 5.38. The smallest absolute Gasteiger partial charge is 0.338 e. The number of rotatable bonds is 7. The summed E-state index contributed by atoms with van der Waals surface area (Å²) in [7, 11) is 0. The van der Waals surface area contributed by atoms with Crippen LogP contribution in [0, 0.1) is 5.41 Å². The highest BCUT2D eigenvalue weighted by molar-refractivity contribution is 6.31. The van der Waals surface area contributed by atoms with E-state index in [0.717, 1.165) is 30.4 Å². The van der Waals surface area contributed by atoms with Crippen LogP contribution in [0.25, 0.3) is 0 Å². The molecular weight excluding hydrogens is 394 g/mol. The monoisotopic (exact) mass is 431 g/mol. The lowest BCUT2D eigenvalue weighted by molar-refractivity contribution is 0.00694. The van der Waals surface area contributed by atoms with Gasteiger partial charge in [0.25, 0.3) is 0 Å². The van der Waals surface area contributed by atoms with Gasteiger partial charge in [-0.3, -0.25) is 0 Å². The Morgan fingerprint density at radius 1 is 1.20 bits per heavy atom. The van der Waals surface area contributed by atoms with E-state index in [4.69, 9.17) is 21.7 Å². The van der Waals surface area contributed by atoms with Crippen molar-refractivity contribution in [2.75, 3.05) is 0 Å². The Balaban J connectivity index is 0.000000612. The number of aryl methyl sites for hydroxylation is 2. The van der Waals surface area contributed by atoms with E-state index >= 15 is 0 Å². The first-order valence-corrected chi connectivity index (χ1v) is 10.8. The van der Waals surface area contributed by atoms with E-state index in [1.165, 1.54) is 11.1 Å². The van der Waals surface area contributed by atoms with Crippen LogP contribution in [0.3, 0.4) is 0 Å². The number of nitrogens with one attached hydrogen (secondary N) is 1. The zero-order valence-corrected chi connectivity index (χ0v) is 20.7. The molecule has 0 fully saturated rings. The van der Waals surface area contributed by atoms with E-state index in [9.17, 15) is 4.79 Å². The quantitative estimate of drug-likeness (QED) is 0.271. The van der Waals surface area contributed by atoms with Crippen molar-refractivity contribution in [1.82, 2.24) is 0 Å². The minimum atomic E-state index is -0.439. The van der Waals surface area contributed by atoms with E-state index in [2.05, 4.69) is 26.5 Å². The van der Waals surface area contributed by atoms with E-state index in [1.54, 1.807) is 13.0 Å². The lowest BCUT2D eigenvalue weighted by Crippen LogP contribution is -2.24. The molecule has 0 aromatic heterocycles. The first-order valence-electron chi connectivity index (χ1n) is 10.5. The fraction of sp³-hybridized carbons (Fsp3) is 0.462. The highest BCUT2D eigenvalue weighted by Gasteiger charge is 2.18. The van der Waals surface area contributed by atoms with Crippen LogP contribution in [0.2, 0.25) is 0 Å². The molecule has 0 radical (unpaired) electrons. The Morgan fingerprint density at radius 2 is 1.80 bits per heavy atom. The third kappa shape index (κ3) is 10.6. The molecule has 0 aliphatic rings. The molecule has 1 aromatic rings. The maximum absolute atomic E-state index is 12.0. The lowest BCUT2D eigenvalue weighted by atomic mass is 9.98. The molecule has 1 rings (SSSR count). The third-order valence-corrected chi connectivity index (χ3v) is 4.34. The predicted molar refractivity (Wildman–Crippen MR) is 131 cm³/mol. The number of hydrogen-bond donors (Lipinski definition) is 1. The molecule has 3 nitrogen and oxygen atoms in total. The van der Waals surface area contributed by atoms with Crippen molar-refractivity contribution in [3.8, 4) is 0 Å². The van der Waals surface area contributed by atoms with E-state index in [1.807, 2.05) is 52.8 Å². The van der Waals surface area contributed by atoms with Gasteiger partial charge in [0.2, 0.25) is 0 Å². The van der Waals surface area contributed by atoms with Gasteiger partial charge >= 0.3 is 5.97 Å². The van der Waals surface area contributed by atoms with Crippen molar-refractivity contribution in [3.63, 3.8) is 0 Å². The SMILES string of the molecule is C=C(Cl)/C=C(C)\C(=C/C)C(C)=N.CCCc1ccc(C(=O)OC(C)(C)C)cc1CC. The largest absolute Gasteiger partial charge is 0.456 e. The van der Waals surface area contributed by atoms with Crippen LogP contribution in [0.1, 0.15) is 83.3 Å². The Labute approximate surface area is 188 Å². The average Bonchev–Trinajstić information content (AvgIpc) is 2.61. The molecule has 0 spiro atoms. The second kappa shape index (κ2) is 13.2. The first-order chi connectivity index (χ1) is 13.9. The molecule has 0 heterocycles. The minimum Gasteiger partial charge on any atom is -0.456 e. The van der Waals surface area contributed by atoms with Crippen LogP contribution in [-0.2, 0) is 17.6 Å². The van der Waals surface area contributed by atoms with Gasteiger partial charge in [-0.1, -0.05) is 50.6 Å². The highest BCUT2D eigenvalue weighted by atomic mass is 35.5. The van der Waals surface area contributed by atoms with E-state index in [-0.39, 0.29) is 5.97 Å². The average molecular weight is 432 g/mol. The molecule has 0 saturated heterocycles. The fourth-order valence-electron chi connectivity index (χ4n) is 2.98. The Bertz CT molecular complexity index is 811. The summed E-state index contributed by atoms with van der Waals surface area (Å²) in [5.41, 5.74) is 5.24. The van der Waals surface area contributed by atoms with Gasteiger partial charge in [-0.2, -0.15) is 0 Å². The molecule has 0 aliphatic heterocycles. The lowest BCUT2D eigenvalue weighted by Gasteiger charge is -2.20. The maximum Gasteiger partial charge on any atom is 0.338 e. The third-order valence-electron chi connectivity index (χ3n) is 4.23. The Morgan fingerprint density at radius 3 is 2.20 bits per heavy atom. The zero-order valence-electron chi connectivity index (χ0n) is 19.9. The van der Waals surface area contributed by atoms with Crippen LogP contribution in [-0.4, -0.2) is 17.3 Å². The molecule has 1 aromatic carbocycles. The molecule has 166 valence electrons. The van der Waals surface area contributed by atoms with Gasteiger partial charge in [-0.05, 0) is 94.9 Å². The van der Waals surface area contributed by atoms with Crippen LogP contribution in [0.4, 0.5) is 0 Å². The predicted octanol–water partition coefficient (Wildman–Crippen LogP) is 7.83. The van der Waals surface area contributed by atoms with Crippen molar-refractivity contribution in [2.45, 2.75) is 80.3 Å². The summed E-state index contributed by atoms with van der Waals surface area (Å²) in [6.45, 7) is 19.1. The van der Waals surface area contributed by atoms with Gasteiger partial charge in [0.15, 0.2) is 0 Å². The van der Waals surface area contributed by atoms with Crippen LogP contribution < -0.4 is 0 Å². The summed E-state index contributed by atoms with van der Waals surface area (Å²) in [6, 6.07) is 5.90. The molecule has 1 N–H and O–H groups in total. The summed E-state index contributed by atoms with van der Waals surface area (Å²) in [5.74, 6) is -0.236. The number of allylic oxidation sites excluding steroid dienone is 5. The number of carbonyl (C=O) groups is 1. The summed E-state index contributed by atoms with van der Waals surface area (Å²) in [6.07, 6.45) is 6.80. The molecule has 0 unspecified atom stereocenters. The summed E-state index contributed by atoms with van der Waals surface area (Å²) >= 11 is 5.61. The van der Waals surface area contributed by atoms with Gasteiger partial charge in [0, 0.05) is 10.7 Å². The van der Waals surface area contributed by atoms with Crippen molar-refractivity contribution < 1.29 is 9.53 Å². The summed E-state index contributed by atoms with van der Waals surface area (Å²) in [4.78, 5) is 12.0. The van der Waals surface area contributed by atoms with Gasteiger partial charge in [-0.25, -0.2) is 4.79 Å². The van der Waals surface area contributed by atoms with Gasteiger partial charge in [0.05, 0.1) is 5.56 Å². The maximum atomic E-state index is 12.0. The van der Waals surface area contributed by atoms with Crippen molar-refractivity contribution in [3.05, 3.63) is 69.8 Å². The Hall–Kier alpha value is -2.13. The second-order valence-corrected chi connectivity index (χ2v) is 8.68. The van der Waals surface area contributed by atoms with Gasteiger partial charge in [-0.15, -0.1) is 0 Å². The number of benzene rings is 1. The molecule has 4 heteroatoms. The molecular formula is C26H38ClNO2. The molecule has 0 aliphatic carbocycles. The number of hydrogen-bond acceptors (Lipinski definition) is 3. The number of esters is 1. The van der Waals surface area contributed by atoms with Crippen LogP contribution >= 0.6 is 11.6 Å². The minimum absolute atomic E-state index is 0.236. The normalized spacial score (nSPS) is 12.0. The van der Waals surface area contributed by atoms with Crippen molar-refractivity contribution >= 4 is 23.3 Å². The Kier molecular flexibility index (Phi) is 12.3. The number of carbonyl (C=O) groups excluding carboxylic acids is 1. The zero-order chi connectivity index (χ0) is 23.5. The molecule has 0 saturated carbocycles. The first kappa shape index (κ1) is 27.9. The topological polar surface area (TPSA) is 50.2 Å². The van der Waals surface area contributed by atoms with Crippen LogP contribution in [0.5, 0.6) is 0 Å². The second-order valence-electron chi connectivity index (χ2n) is 8.19. The van der Waals surface area contributed by atoms with E-state index in [0.29, 0.717) is 16.3 Å². The highest BCUT2D eigenvalue weighted by Crippen LogP contribution is 2.18. The summed E-state index contributed by atoms with van der Waals surface area (Å²) in [5, 5.41) is 7.94. The number of halogens is 1. The van der Waals surface area contributed by atoms with Gasteiger partial charge in [0.1, 0.15) is 5.60 Å².